The topological polar surface area (TPSA) is 115 Å². The first-order chi connectivity index (χ1) is 14.5. The molecule has 1 unspecified atom stereocenters. The highest BCUT2D eigenvalue weighted by atomic mass is 32.1. The lowest BCUT2D eigenvalue weighted by Gasteiger charge is -2.35. The summed E-state index contributed by atoms with van der Waals surface area (Å²) in [5.41, 5.74) is 0.728. The fourth-order valence-corrected chi connectivity index (χ4v) is 4.24. The second-order valence-electron chi connectivity index (χ2n) is 7.76. The van der Waals surface area contributed by atoms with E-state index >= 15 is 0 Å². The average molecular weight is 428 g/mol. The zero-order valence-corrected chi connectivity index (χ0v) is 17.8. The van der Waals surface area contributed by atoms with Gasteiger partial charge in [-0.1, -0.05) is 13.8 Å². The number of likely N-dealkylation sites (tertiary alicyclic amines) is 1. The smallest absolute Gasteiger partial charge is 0.346 e. The van der Waals surface area contributed by atoms with Gasteiger partial charge in [0.2, 0.25) is 0 Å². The van der Waals surface area contributed by atoms with Crippen molar-refractivity contribution < 1.29 is 4.79 Å². The van der Waals surface area contributed by atoms with Crippen LogP contribution in [0.5, 0.6) is 0 Å². The third kappa shape index (κ3) is 4.59. The number of aromatic amines is 1. The van der Waals surface area contributed by atoms with Crippen molar-refractivity contribution in [3.63, 3.8) is 0 Å². The predicted molar refractivity (Wildman–Crippen MR) is 117 cm³/mol. The van der Waals surface area contributed by atoms with Crippen molar-refractivity contribution in [2.45, 2.75) is 33.1 Å². The Morgan fingerprint density at radius 3 is 2.87 bits per heavy atom. The molecular formula is C20H25N7O2S. The molecule has 1 fully saturated rings. The van der Waals surface area contributed by atoms with Gasteiger partial charge in [-0.15, -0.1) is 11.3 Å². The molecule has 10 heteroatoms. The van der Waals surface area contributed by atoms with Gasteiger partial charge in [0.1, 0.15) is 17.3 Å². The maximum Gasteiger partial charge on any atom is 0.346 e. The van der Waals surface area contributed by atoms with E-state index in [1.165, 1.54) is 17.5 Å². The normalized spacial score (nSPS) is 19.8. The summed E-state index contributed by atoms with van der Waals surface area (Å²) >= 11 is 1.29. The summed E-state index contributed by atoms with van der Waals surface area (Å²) in [6.45, 7) is 6.28. The van der Waals surface area contributed by atoms with Crippen molar-refractivity contribution in [1.29, 1.82) is 0 Å². The molecule has 0 radical (unpaired) electrons. The lowest BCUT2D eigenvalue weighted by Crippen LogP contribution is -2.38. The summed E-state index contributed by atoms with van der Waals surface area (Å²) in [5.74, 6) is 1.98. The largest absolute Gasteiger partial charge is 0.355 e. The molecule has 2 aromatic rings. The SMILES string of the molecule is CC1CCN(C2=C(NC(=O)c3csc(Nc4ccnc(=O)[nH]4)n3)C(C)CC=N2)CC1. The lowest BCUT2D eigenvalue weighted by atomic mass is 9.97. The molecule has 2 aromatic heterocycles. The number of thiazole rings is 1. The highest BCUT2D eigenvalue weighted by Gasteiger charge is 2.26. The number of aromatic nitrogens is 3. The molecule has 0 bridgehead atoms. The quantitative estimate of drug-likeness (QED) is 0.676. The van der Waals surface area contributed by atoms with Crippen LogP contribution in [0.4, 0.5) is 10.9 Å². The fourth-order valence-electron chi connectivity index (χ4n) is 3.54. The van der Waals surface area contributed by atoms with Gasteiger partial charge >= 0.3 is 5.69 Å². The minimum atomic E-state index is -0.451. The van der Waals surface area contributed by atoms with Gasteiger partial charge in [-0.3, -0.25) is 9.78 Å². The Morgan fingerprint density at radius 1 is 1.30 bits per heavy atom. The van der Waals surface area contributed by atoms with Crippen molar-refractivity contribution in [3.05, 3.63) is 45.3 Å². The predicted octanol–water partition coefficient (Wildman–Crippen LogP) is 2.71. The van der Waals surface area contributed by atoms with Gasteiger partial charge in [0, 0.05) is 36.8 Å². The molecule has 2 aliphatic rings. The standard InChI is InChI=1S/C20H25N7O2S/c1-12-5-9-27(10-6-12)17-16(13(2)3-7-21-17)26-18(28)14-11-30-20(23-14)25-15-4-8-22-19(29)24-15/h4,7-8,11-13H,3,5-6,9-10H2,1-2H3,(H,26,28)(H2,22,23,24,25,29). The Labute approximate surface area is 178 Å². The van der Waals surface area contributed by atoms with Crippen molar-refractivity contribution in [1.82, 2.24) is 25.2 Å². The van der Waals surface area contributed by atoms with E-state index in [1.807, 2.05) is 6.21 Å². The number of amides is 1. The van der Waals surface area contributed by atoms with E-state index in [2.05, 4.69) is 49.3 Å². The minimum Gasteiger partial charge on any atom is -0.355 e. The van der Waals surface area contributed by atoms with Crippen LogP contribution in [-0.2, 0) is 0 Å². The zero-order valence-electron chi connectivity index (χ0n) is 17.0. The molecule has 30 heavy (non-hydrogen) atoms. The van der Waals surface area contributed by atoms with Crippen LogP contribution in [0.15, 0.2) is 38.9 Å². The van der Waals surface area contributed by atoms with Gasteiger partial charge in [-0.2, -0.15) is 0 Å². The van der Waals surface area contributed by atoms with Crippen LogP contribution in [-0.4, -0.2) is 45.1 Å². The third-order valence-electron chi connectivity index (χ3n) is 5.39. The molecule has 9 nitrogen and oxygen atoms in total. The highest BCUT2D eigenvalue weighted by molar-refractivity contribution is 7.14. The first kappa shape index (κ1) is 20.3. The summed E-state index contributed by atoms with van der Waals surface area (Å²) < 4.78 is 0. The van der Waals surface area contributed by atoms with Crippen molar-refractivity contribution in [3.8, 4) is 0 Å². The van der Waals surface area contributed by atoms with E-state index < -0.39 is 5.69 Å². The Morgan fingerprint density at radius 2 is 2.10 bits per heavy atom. The molecule has 1 atom stereocenters. The fraction of sp³-hybridized carbons (Fsp3) is 0.450. The van der Waals surface area contributed by atoms with E-state index in [4.69, 9.17) is 0 Å². The monoisotopic (exact) mass is 427 g/mol. The Hall–Kier alpha value is -3.01. The maximum absolute atomic E-state index is 12.9. The summed E-state index contributed by atoms with van der Waals surface area (Å²) in [6, 6.07) is 1.63. The number of carbonyl (C=O) groups excluding carboxylic acids is 1. The van der Waals surface area contributed by atoms with Gasteiger partial charge < -0.3 is 15.5 Å². The highest BCUT2D eigenvalue weighted by Crippen LogP contribution is 2.28. The van der Waals surface area contributed by atoms with E-state index in [0.29, 0.717) is 16.6 Å². The molecule has 158 valence electrons. The van der Waals surface area contributed by atoms with Crippen molar-refractivity contribution >= 4 is 34.4 Å². The molecule has 0 spiro atoms. The van der Waals surface area contributed by atoms with Crippen LogP contribution in [0.2, 0.25) is 0 Å². The number of nitrogens with zero attached hydrogens (tertiary/aromatic N) is 4. The molecule has 1 saturated heterocycles. The third-order valence-corrected chi connectivity index (χ3v) is 6.15. The van der Waals surface area contributed by atoms with Crippen LogP contribution in [0.1, 0.15) is 43.6 Å². The number of aliphatic imine (C=N–C) groups is 1. The van der Waals surface area contributed by atoms with Crippen molar-refractivity contribution in [2.24, 2.45) is 16.8 Å². The van der Waals surface area contributed by atoms with Crippen LogP contribution in [0.3, 0.4) is 0 Å². The molecule has 3 N–H and O–H groups in total. The zero-order chi connectivity index (χ0) is 21.1. The van der Waals surface area contributed by atoms with Gasteiger partial charge in [0.05, 0.1) is 5.70 Å². The number of hydrogen-bond donors (Lipinski definition) is 3. The summed E-state index contributed by atoms with van der Waals surface area (Å²) in [6.07, 6.45) is 6.40. The van der Waals surface area contributed by atoms with Crippen LogP contribution in [0.25, 0.3) is 0 Å². The number of piperidine rings is 1. The van der Waals surface area contributed by atoms with E-state index in [1.54, 1.807) is 11.4 Å². The van der Waals surface area contributed by atoms with Gasteiger partial charge in [-0.25, -0.2) is 19.8 Å². The maximum atomic E-state index is 12.9. The second-order valence-corrected chi connectivity index (χ2v) is 8.62. The molecule has 2 aliphatic heterocycles. The van der Waals surface area contributed by atoms with Crippen LogP contribution < -0.4 is 16.3 Å². The molecule has 4 rings (SSSR count). The van der Waals surface area contributed by atoms with E-state index in [9.17, 15) is 9.59 Å². The first-order valence-electron chi connectivity index (χ1n) is 10.1. The number of carbonyl (C=O) groups is 1. The number of nitrogens with one attached hydrogen (secondary N) is 3. The molecule has 0 aliphatic carbocycles. The average Bonchev–Trinajstić information content (AvgIpc) is 3.19. The molecule has 1 amide bonds. The molecule has 0 aromatic carbocycles. The van der Waals surface area contributed by atoms with Gasteiger partial charge in [-0.05, 0) is 31.2 Å². The molecule has 0 saturated carbocycles. The van der Waals surface area contributed by atoms with E-state index in [0.717, 1.165) is 49.8 Å². The number of H-pyrrole nitrogens is 1. The minimum absolute atomic E-state index is 0.180. The number of rotatable bonds is 5. The lowest BCUT2D eigenvalue weighted by molar-refractivity contribution is 0.0954. The molecular weight excluding hydrogens is 402 g/mol. The van der Waals surface area contributed by atoms with Crippen molar-refractivity contribution in [2.75, 3.05) is 18.4 Å². The number of allylic oxidation sites excluding steroid dienone is 1. The Kier molecular flexibility index (Phi) is 5.93. The Bertz CT molecular complexity index is 1030. The second kappa shape index (κ2) is 8.78. The first-order valence-corrected chi connectivity index (χ1v) is 11.0. The number of anilines is 2. The van der Waals surface area contributed by atoms with Gasteiger partial charge in [0.15, 0.2) is 5.13 Å². The van der Waals surface area contributed by atoms with Crippen LogP contribution in [0, 0.1) is 11.8 Å². The Balaban J connectivity index is 1.49. The molecule has 4 heterocycles. The van der Waals surface area contributed by atoms with Crippen LogP contribution >= 0.6 is 11.3 Å². The van der Waals surface area contributed by atoms with E-state index in [-0.39, 0.29) is 11.8 Å². The number of hydrogen-bond acceptors (Lipinski definition) is 8. The summed E-state index contributed by atoms with van der Waals surface area (Å²) in [4.78, 5) is 41.6. The van der Waals surface area contributed by atoms with Gasteiger partial charge in [0.25, 0.3) is 5.91 Å². The summed E-state index contributed by atoms with van der Waals surface area (Å²) in [5, 5.41) is 8.25. The summed E-state index contributed by atoms with van der Waals surface area (Å²) in [7, 11) is 0.